The Morgan fingerprint density at radius 1 is 0.844 bits per heavy atom. The van der Waals surface area contributed by atoms with Gasteiger partial charge in [0.05, 0.1) is 16.9 Å². The molecule has 1 N–H and O–H groups in total. The first-order chi connectivity index (χ1) is 15.7. The Balaban J connectivity index is 1.33. The van der Waals surface area contributed by atoms with Crippen LogP contribution in [0.25, 0.3) is 5.69 Å². The van der Waals surface area contributed by atoms with Crippen molar-refractivity contribution in [3.63, 3.8) is 0 Å². The summed E-state index contributed by atoms with van der Waals surface area (Å²) in [6.07, 6.45) is 6.96. The summed E-state index contributed by atoms with van der Waals surface area (Å²) < 4.78 is 1.91. The number of aryl methyl sites for hydroxylation is 1. The number of nitrogens with one attached hydrogen (secondary N) is 1. The van der Waals surface area contributed by atoms with Crippen LogP contribution in [0.1, 0.15) is 38.4 Å². The number of aromatic nitrogens is 1. The molecule has 0 saturated heterocycles. The van der Waals surface area contributed by atoms with Gasteiger partial charge in [-0.1, -0.05) is 12.1 Å². The average molecular weight is 442 g/mol. The average Bonchev–Trinajstić information content (AvgIpc) is 3.49. The minimum Gasteiger partial charge on any atom is -0.323 e. The lowest BCUT2D eigenvalue weighted by Crippen LogP contribution is -2.31. The van der Waals surface area contributed by atoms with E-state index in [4.69, 9.17) is 0 Å². The van der Waals surface area contributed by atoms with Crippen LogP contribution in [-0.4, -0.2) is 22.9 Å². The fourth-order valence-electron chi connectivity index (χ4n) is 4.08. The molecule has 0 saturated carbocycles. The van der Waals surface area contributed by atoms with Crippen LogP contribution >= 0.6 is 11.3 Å². The van der Waals surface area contributed by atoms with Crippen molar-refractivity contribution in [2.45, 2.75) is 19.3 Å². The van der Waals surface area contributed by atoms with Crippen molar-refractivity contribution in [3.8, 4) is 5.69 Å². The molecule has 0 unspecified atom stereocenters. The van der Waals surface area contributed by atoms with Gasteiger partial charge in [-0.2, -0.15) is 0 Å². The van der Waals surface area contributed by atoms with Crippen LogP contribution in [0, 0.1) is 0 Å². The maximum Gasteiger partial charge on any atom is 0.258 e. The molecule has 3 heterocycles. The number of nitrogens with zero attached hydrogens (tertiary/aromatic N) is 2. The third-order valence-corrected chi connectivity index (χ3v) is 6.68. The Kier molecular flexibility index (Phi) is 5.60. The maximum absolute atomic E-state index is 13.2. The normalized spacial score (nSPS) is 13.3. The molecule has 0 atom stereocenters. The van der Waals surface area contributed by atoms with E-state index < -0.39 is 0 Å². The predicted octanol–water partition coefficient (Wildman–Crippen LogP) is 5.77. The highest BCUT2D eigenvalue weighted by molar-refractivity contribution is 7.10. The zero-order valence-corrected chi connectivity index (χ0v) is 18.3. The third-order valence-electron chi connectivity index (χ3n) is 5.71. The van der Waals surface area contributed by atoms with Gasteiger partial charge in [0.2, 0.25) is 0 Å². The van der Waals surface area contributed by atoms with Crippen LogP contribution in [0.2, 0.25) is 0 Å². The summed E-state index contributed by atoms with van der Waals surface area (Å²) in [6.45, 7) is 0.733. The van der Waals surface area contributed by atoms with E-state index in [0.717, 1.165) is 37.2 Å². The lowest BCUT2D eigenvalue weighted by atomic mass is 10.1. The first-order valence-electron chi connectivity index (χ1n) is 10.7. The molecule has 0 spiro atoms. The van der Waals surface area contributed by atoms with Gasteiger partial charge in [0.25, 0.3) is 11.8 Å². The van der Waals surface area contributed by atoms with Gasteiger partial charge < -0.3 is 14.8 Å². The Labute approximate surface area is 190 Å². The summed E-state index contributed by atoms with van der Waals surface area (Å²) >= 11 is 1.72. The van der Waals surface area contributed by atoms with Crippen molar-refractivity contribution < 1.29 is 9.59 Å². The van der Waals surface area contributed by atoms with Gasteiger partial charge in [0, 0.05) is 35.1 Å². The van der Waals surface area contributed by atoms with Crippen LogP contribution in [-0.2, 0) is 6.42 Å². The molecule has 2 amide bonds. The first kappa shape index (κ1) is 20.3. The Bertz CT molecular complexity index is 1240. The summed E-state index contributed by atoms with van der Waals surface area (Å²) in [4.78, 5) is 29.3. The number of amides is 2. The van der Waals surface area contributed by atoms with E-state index in [1.54, 1.807) is 41.7 Å². The predicted molar refractivity (Wildman–Crippen MR) is 129 cm³/mol. The highest BCUT2D eigenvalue weighted by atomic mass is 32.1. The van der Waals surface area contributed by atoms with E-state index in [1.165, 1.54) is 4.88 Å². The highest BCUT2D eigenvalue weighted by Crippen LogP contribution is 2.32. The topological polar surface area (TPSA) is 54.3 Å². The van der Waals surface area contributed by atoms with Crippen LogP contribution < -0.4 is 10.2 Å². The van der Waals surface area contributed by atoms with E-state index in [-0.39, 0.29) is 11.8 Å². The highest BCUT2D eigenvalue weighted by Gasteiger charge is 2.23. The molecule has 2 aromatic carbocycles. The quantitative estimate of drug-likeness (QED) is 0.437. The molecule has 0 radical (unpaired) electrons. The van der Waals surface area contributed by atoms with E-state index >= 15 is 0 Å². The standard InChI is InChI=1S/C26H23N3O2S/c30-25(21-7-1-2-8-22(21)28-15-5-6-16-28)27-20-12-10-19(11-13-20)26(31)29-17-4-3-9-24-23(29)14-18-32-24/h1-2,5-8,10-16,18H,3-4,9,17H2,(H,27,30). The number of thiophene rings is 1. The number of hydrogen-bond donors (Lipinski definition) is 1. The van der Waals surface area contributed by atoms with Gasteiger partial charge in [-0.15, -0.1) is 11.3 Å². The molecule has 5 nitrogen and oxygen atoms in total. The van der Waals surface area contributed by atoms with Crippen molar-refractivity contribution in [1.29, 1.82) is 0 Å². The van der Waals surface area contributed by atoms with Crippen molar-refractivity contribution in [3.05, 3.63) is 101 Å². The molecule has 4 aromatic rings. The molecule has 1 aliphatic heterocycles. The minimum atomic E-state index is -0.191. The molecule has 0 fully saturated rings. The van der Waals surface area contributed by atoms with Gasteiger partial charge in [-0.3, -0.25) is 9.59 Å². The molecule has 1 aliphatic rings. The molecule has 0 aliphatic carbocycles. The molecule has 5 rings (SSSR count). The van der Waals surface area contributed by atoms with E-state index in [1.807, 2.05) is 58.3 Å². The zero-order valence-electron chi connectivity index (χ0n) is 17.5. The number of hydrogen-bond acceptors (Lipinski definition) is 3. The first-order valence-corrected chi connectivity index (χ1v) is 11.6. The summed E-state index contributed by atoms with van der Waals surface area (Å²) in [6, 6.07) is 20.5. The lowest BCUT2D eigenvalue weighted by molar-refractivity contribution is 0.0986. The fourth-order valence-corrected chi connectivity index (χ4v) is 5.01. The van der Waals surface area contributed by atoms with Crippen LogP contribution in [0.3, 0.4) is 0 Å². The van der Waals surface area contributed by atoms with E-state index in [9.17, 15) is 9.59 Å². The van der Waals surface area contributed by atoms with Gasteiger partial charge in [0.15, 0.2) is 0 Å². The molecule has 0 bridgehead atoms. The largest absolute Gasteiger partial charge is 0.323 e. The molecule has 160 valence electrons. The Morgan fingerprint density at radius 3 is 2.44 bits per heavy atom. The molecule has 2 aromatic heterocycles. The summed E-state index contributed by atoms with van der Waals surface area (Å²) in [5.41, 5.74) is 3.71. The Morgan fingerprint density at radius 2 is 1.62 bits per heavy atom. The molecule has 32 heavy (non-hydrogen) atoms. The summed E-state index contributed by atoms with van der Waals surface area (Å²) in [5, 5.41) is 5.01. The molecule has 6 heteroatoms. The van der Waals surface area contributed by atoms with Crippen LogP contribution in [0.15, 0.2) is 84.5 Å². The van der Waals surface area contributed by atoms with E-state index in [0.29, 0.717) is 16.8 Å². The molecular formula is C26H23N3O2S. The van der Waals surface area contributed by atoms with Crippen LogP contribution in [0.5, 0.6) is 0 Å². The third kappa shape index (κ3) is 3.97. The number of rotatable bonds is 4. The number of carbonyl (C=O) groups is 2. The summed E-state index contributed by atoms with van der Waals surface area (Å²) in [7, 11) is 0. The number of fused-ring (bicyclic) bond motifs is 1. The van der Waals surface area contributed by atoms with E-state index in [2.05, 4.69) is 10.7 Å². The lowest BCUT2D eigenvalue weighted by Gasteiger charge is -2.21. The number of anilines is 2. The van der Waals surface area contributed by atoms with Crippen molar-refractivity contribution in [2.24, 2.45) is 0 Å². The smallest absolute Gasteiger partial charge is 0.258 e. The van der Waals surface area contributed by atoms with Gasteiger partial charge in [-0.05, 0) is 79.2 Å². The van der Waals surface area contributed by atoms with Gasteiger partial charge in [-0.25, -0.2) is 0 Å². The Hall–Kier alpha value is -3.64. The molecular weight excluding hydrogens is 418 g/mol. The van der Waals surface area contributed by atoms with Crippen molar-refractivity contribution >= 4 is 34.5 Å². The second kappa shape index (κ2) is 8.85. The second-order valence-electron chi connectivity index (χ2n) is 7.78. The monoisotopic (exact) mass is 441 g/mol. The van der Waals surface area contributed by atoms with Gasteiger partial charge >= 0.3 is 0 Å². The second-order valence-corrected chi connectivity index (χ2v) is 8.78. The van der Waals surface area contributed by atoms with Gasteiger partial charge in [0.1, 0.15) is 0 Å². The van der Waals surface area contributed by atoms with Crippen molar-refractivity contribution in [1.82, 2.24) is 4.57 Å². The summed E-state index contributed by atoms with van der Waals surface area (Å²) in [5.74, 6) is -0.189. The SMILES string of the molecule is O=C(Nc1ccc(C(=O)N2CCCCc3sccc32)cc1)c1ccccc1-n1cccc1. The van der Waals surface area contributed by atoms with Crippen LogP contribution in [0.4, 0.5) is 11.4 Å². The number of para-hydroxylation sites is 1. The maximum atomic E-state index is 13.2. The number of carbonyl (C=O) groups excluding carboxylic acids is 2. The van der Waals surface area contributed by atoms with Crippen molar-refractivity contribution in [2.75, 3.05) is 16.8 Å². The zero-order chi connectivity index (χ0) is 21.9. The number of benzene rings is 2. The fraction of sp³-hybridized carbons (Fsp3) is 0.154. The minimum absolute atomic E-state index is 0.00220.